The molecular formula is C19H21N7. The molecule has 0 bridgehead atoms. The Morgan fingerprint density at radius 2 is 1.85 bits per heavy atom. The molecule has 0 unspecified atom stereocenters. The topological polar surface area (TPSA) is 73.3 Å². The predicted molar refractivity (Wildman–Crippen MR) is 100 cm³/mol. The molecule has 7 heteroatoms. The lowest BCUT2D eigenvalue weighted by atomic mass is 10.1. The van der Waals surface area contributed by atoms with E-state index in [0.717, 1.165) is 49.2 Å². The van der Waals surface area contributed by atoms with Gasteiger partial charge in [-0.15, -0.1) is 0 Å². The first-order valence-electron chi connectivity index (χ1n) is 8.86. The van der Waals surface area contributed by atoms with E-state index in [1.807, 2.05) is 22.7 Å². The van der Waals surface area contributed by atoms with Gasteiger partial charge < -0.3 is 9.80 Å². The Morgan fingerprint density at radius 3 is 2.50 bits per heavy atom. The molecule has 0 aromatic carbocycles. The maximum atomic E-state index is 8.91. The highest BCUT2D eigenvalue weighted by molar-refractivity contribution is 5.53. The van der Waals surface area contributed by atoms with Crippen LogP contribution >= 0.6 is 0 Å². The molecule has 1 aliphatic rings. The predicted octanol–water partition coefficient (Wildman–Crippen LogP) is 2.45. The number of aromatic nitrogens is 4. The molecule has 1 aliphatic heterocycles. The molecule has 26 heavy (non-hydrogen) atoms. The van der Waals surface area contributed by atoms with Gasteiger partial charge in [0.05, 0.1) is 11.8 Å². The molecule has 4 rings (SSSR count). The highest BCUT2D eigenvalue weighted by Gasteiger charge is 2.21. The Morgan fingerprint density at radius 1 is 1.08 bits per heavy atom. The van der Waals surface area contributed by atoms with Crippen molar-refractivity contribution < 1.29 is 0 Å². The molecule has 4 heterocycles. The molecule has 1 fully saturated rings. The van der Waals surface area contributed by atoms with E-state index < -0.39 is 0 Å². The van der Waals surface area contributed by atoms with Gasteiger partial charge in [0.15, 0.2) is 5.65 Å². The zero-order valence-corrected chi connectivity index (χ0v) is 15.0. The van der Waals surface area contributed by atoms with Gasteiger partial charge in [0, 0.05) is 50.2 Å². The second-order valence-corrected chi connectivity index (χ2v) is 6.79. The van der Waals surface area contributed by atoms with Crippen LogP contribution in [-0.4, -0.2) is 45.8 Å². The van der Waals surface area contributed by atoms with Crippen LogP contribution in [0.2, 0.25) is 0 Å². The van der Waals surface area contributed by atoms with E-state index in [-0.39, 0.29) is 0 Å². The molecule has 0 aliphatic carbocycles. The van der Waals surface area contributed by atoms with E-state index in [1.165, 1.54) is 0 Å². The van der Waals surface area contributed by atoms with Gasteiger partial charge >= 0.3 is 0 Å². The largest absolute Gasteiger partial charge is 0.353 e. The lowest BCUT2D eigenvalue weighted by Crippen LogP contribution is -2.47. The van der Waals surface area contributed by atoms with Crippen molar-refractivity contribution in [1.82, 2.24) is 19.6 Å². The third-order valence-electron chi connectivity index (χ3n) is 4.76. The fourth-order valence-electron chi connectivity index (χ4n) is 3.24. The Hall–Kier alpha value is -3.14. The second-order valence-electron chi connectivity index (χ2n) is 6.79. The average molecular weight is 347 g/mol. The zero-order valence-electron chi connectivity index (χ0n) is 15.0. The van der Waals surface area contributed by atoms with Crippen LogP contribution in [0.15, 0.2) is 36.7 Å². The minimum absolute atomic E-state index is 0.373. The summed E-state index contributed by atoms with van der Waals surface area (Å²) in [6, 6.07) is 9.95. The van der Waals surface area contributed by atoms with Gasteiger partial charge in [0.1, 0.15) is 17.7 Å². The normalized spacial score (nSPS) is 14.8. The number of nitriles is 1. The average Bonchev–Trinajstić information content (AvgIpc) is 3.16. The van der Waals surface area contributed by atoms with Crippen molar-refractivity contribution in [3.63, 3.8) is 0 Å². The summed E-state index contributed by atoms with van der Waals surface area (Å²) in [6.45, 7) is 7.85. The number of pyridine rings is 1. The standard InChI is InChI=1S/C19H21N7/c1-14(2)16-11-19(26-18(23-16)5-6-22-26)25-9-7-24(8-10-25)17-4-3-15(12-20)13-21-17/h3-6,11,13-14H,7-10H2,1-2H3. The van der Waals surface area contributed by atoms with Crippen molar-refractivity contribution in [3.05, 3.63) is 47.9 Å². The van der Waals surface area contributed by atoms with Gasteiger partial charge in [-0.2, -0.15) is 14.9 Å². The molecule has 0 N–H and O–H groups in total. The van der Waals surface area contributed by atoms with Crippen molar-refractivity contribution >= 4 is 17.3 Å². The van der Waals surface area contributed by atoms with Gasteiger partial charge in [0.25, 0.3) is 0 Å². The third kappa shape index (κ3) is 2.94. The molecule has 0 atom stereocenters. The summed E-state index contributed by atoms with van der Waals surface area (Å²) >= 11 is 0. The summed E-state index contributed by atoms with van der Waals surface area (Å²) in [5, 5.41) is 13.4. The highest BCUT2D eigenvalue weighted by Crippen LogP contribution is 2.24. The van der Waals surface area contributed by atoms with Crippen molar-refractivity contribution in [2.45, 2.75) is 19.8 Å². The lowest BCUT2D eigenvalue weighted by molar-refractivity contribution is 0.631. The summed E-state index contributed by atoms with van der Waals surface area (Å²) in [5.41, 5.74) is 2.57. The summed E-state index contributed by atoms with van der Waals surface area (Å²) in [4.78, 5) is 13.7. The molecule has 3 aromatic rings. The molecular weight excluding hydrogens is 326 g/mol. The number of nitrogens with zero attached hydrogens (tertiary/aromatic N) is 7. The van der Waals surface area contributed by atoms with Crippen LogP contribution in [0.4, 0.5) is 11.6 Å². The maximum Gasteiger partial charge on any atom is 0.157 e. The van der Waals surface area contributed by atoms with Crippen LogP contribution in [0.1, 0.15) is 31.0 Å². The first kappa shape index (κ1) is 16.3. The van der Waals surface area contributed by atoms with E-state index in [1.54, 1.807) is 12.4 Å². The fourth-order valence-corrected chi connectivity index (χ4v) is 3.24. The fraction of sp³-hybridized carbons (Fsp3) is 0.368. The quantitative estimate of drug-likeness (QED) is 0.724. The Labute approximate surface area is 152 Å². The number of rotatable bonds is 3. The van der Waals surface area contributed by atoms with Gasteiger partial charge in [-0.3, -0.25) is 0 Å². The molecule has 132 valence electrons. The van der Waals surface area contributed by atoms with Gasteiger partial charge in [-0.25, -0.2) is 9.97 Å². The molecule has 7 nitrogen and oxygen atoms in total. The number of hydrogen-bond acceptors (Lipinski definition) is 6. The molecule has 0 amide bonds. The van der Waals surface area contributed by atoms with Crippen molar-refractivity contribution in [1.29, 1.82) is 5.26 Å². The van der Waals surface area contributed by atoms with E-state index >= 15 is 0 Å². The number of piperazine rings is 1. The SMILES string of the molecule is CC(C)c1cc(N2CCN(c3ccc(C#N)cn3)CC2)n2nccc2n1. The van der Waals surface area contributed by atoms with Crippen LogP contribution in [0.25, 0.3) is 5.65 Å². The maximum absolute atomic E-state index is 8.91. The Balaban J connectivity index is 1.55. The summed E-state index contributed by atoms with van der Waals surface area (Å²) in [7, 11) is 0. The monoisotopic (exact) mass is 347 g/mol. The second kappa shape index (κ2) is 6.64. The Bertz CT molecular complexity index is 944. The Kier molecular flexibility index (Phi) is 4.17. The smallest absolute Gasteiger partial charge is 0.157 e. The van der Waals surface area contributed by atoms with E-state index in [0.29, 0.717) is 11.5 Å². The van der Waals surface area contributed by atoms with Crippen molar-refractivity contribution in [2.24, 2.45) is 0 Å². The third-order valence-corrected chi connectivity index (χ3v) is 4.76. The molecule has 3 aromatic heterocycles. The van der Waals surface area contributed by atoms with Crippen LogP contribution < -0.4 is 9.80 Å². The van der Waals surface area contributed by atoms with Gasteiger partial charge in [-0.05, 0) is 18.1 Å². The molecule has 1 saturated heterocycles. The number of hydrogen-bond donors (Lipinski definition) is 0. The van der Waals surface area contributed by atoms with Gasteiger partial charge in [0.2, 0.25) is 0 Å². The van der Waals surface area contributed by atoms with Crippen LogP contribution in [0.5, 0.6) is 0 Å². The molecule has 0 radical (unpaired) electrons. The summed E-state index contributed by atoms with van der Waals surface area (Å²) in [6.07, 6.45) is 3.43. The number of anilines is 2. The van der Waals surface area contributed by atoms with Gasteiger partial charge in [-0.1, -0.05) is 13.8 Å². The first-order valence-corrected chi connectivity index (χ1v) is 8.86. The van der Waals surface area contributed by atoms with Crippen LogP contribution in [0, 0.1) is 11.3 Å². The van der Waals surface area contributed by atoms with Crippen LogP contribution in [-0.2, 0) is 0 Å². The van der Waals surface area contributed by atoms with E-state index in [4.69, 9.17) is 10.2 Å². The highest BCUT2D eigenvalue weighted by atomic mass is 15.4. The lowest BCUT2D eigenvalue weighted by Gasteiger charge is -2.36. The molecule has 0 spiro atoms. The minimum atomic E-state index is 0.373. The first-order chi connectivity index (χ1) is 12.7. The van der Waals surface area contributed by atoms with E-state index in [9.17, 15) is 0 Å². The van der Waals surface area contributed by atoms with Crippen LogP contribution in [0.3, 0.4) is 0 Å². The van der Waals surface area contributed by atoms with E-state index in [2.05, 4.69) is 45.9 Å². The number of fused-ring (bicyclic) bond motifs is 1. The zero-order chi connectivity index (χ0) is 18.1. The summed E-state index contributed by atoms with van der Waals surface area (Å²) < 4.78 is 1.92. The summed E-state index contributed by atoms with van der Waals surface area (Å²) in [5.74, 6) is 2.39. The van der Waals surface area contributed by atoms with Crippen molar-refractivity contribution in [2.75, 3.05) is 36.0 Å². The molecule has 0 saturated carbocycles. The minimum Gasteiger partial charge on any atom is -0.353 e. The van der Waals surface area contributed by atoms with Crippen molar-refractivity contribution in [3.8, 4) is 6.07 Å².